The minimum absolute atomic E-state index is 0.0299. The number of aryl methyl sites for hydroxylation is 1. The lowest BCUT2D eigenvalue weighted by atomic mass is 9.93. The maximum atomic E-state index is 15.1. The van der Waals surface area contributed by atoms with Crippen LogP contribution in [0.4, 0.5) is 8.78 Å². The lowest BCUT2D eigenvalue weighted by Crippen LogP contribution is -2.56. The summed E-state index contributed by atoms with van der Waals surface area (Å²) in [5.41, 5.74) is 0.503. The van der Waals surface area contributed by atoms with E-state index in [9.17, 15) is 9.50 Å². The molecule has 0 amide bonds. The first kappa shape index (κ1) is 20.3. The Morgan fingerprint density at radius 1 is 1.29 bits per heavy atom. The quantitative estimate of drug-likeness (QED) is 0.657. The molecule has 1 N–H and O–H groups in total. The van der Waals surface area contributed by atoms with Crippen molar-refractivity contribution in [1.29, 1.82) is 0 Å². The number of phenolic OH excluding ortho intramolecular Hbond substituents is 1. The molecule has 10 heteroatoms. The molecule has 2 saturated heterocycles. The van der Waals surface area contributed by atoms with E-state index in [0.29, 0.717) is 29.1 Å². The Labute approximate surface area is 182 Å². The van der Waals surface area contributed by atoms with Crippen molar-refractivity contribution in [3.05, 3.63) is 36.2 Å². The van der Waals surface area contributed by atoms with Crippen molar-refractivity contribution in [2.45, 2.75) is 56.7 Å². The van der Waals surface area contributed by atoms with Crippen molar-refractivity contribution in [3.63, 3.8) is 0 Å². The lowest BCUT2D eigenvalue weighted by molar-refractivity contribution is -0.0382. The van der Waals surface area contributed by atoms with Crippen LogP contribution in [0.25, 0.3) is 16.3 Å². The summed E-state index contributed by atoms with van der Waals surface area (Å²) in [5.74, 6) is 0.0299. The third kappa shape index (κ3) is 3.47. The number of piperidine rings is 1. The Hall–Kier alpha value is -2.59. The maximum Gasteiger partial charge on any atom is 0.294 e. The molecule has 1 aromatic carbocycles. The number of fused-ring (bicyclic) bond motifs is 2. The molecule has 2 fully saturated rings. The molecule has 7 nitrogen and oxygen atoms in total. The van der Waals surface area contributed by atoms with Crippen LogP contribution in [-0.4, -0.2) is 67.1 Å². The number of benzene rings is 1. The fourth-order valence-corrected chi connectivity index (χ4v) is 5.58. The third-order valence-electron chi connectivity index (χ3n) is 6.28. The number of rotatable bonds is 4. The van der Waals surface area contributed by atoms with Crippen LogP contribution in [0.15, 0.2) is 30.5 Å². The summed E-state index contributed by atoms with van der Waals surface area (Å²) >= 11 is 1.12. The Morgan fingerprint density at radius 3 is 2.81 bits per heavy atom. The summed E-state index contributed by atoms with van der Waals surface area (Å²) in [4.78, 5) is 1.79. The summed E-state index contributed by atoms with van der Waals surface area (Å²) < 4.78 is 37.4. The van der Waals surface area contributed by atoms with E-state index < -0.39 is 24.0 Å². The average molecular weight is 448 g/mol. The van der Waals surface area contributed by atoms with Crippen molar-refractivity contribution in [2.24, 2.45) is 0 Å². The van der Waals surface area contributed by atoms with Gasteiger partial charge in [-0.2, -0.15) is 5.10 Å². The molecule has 2 aliphatic heterocycles. The highest BCUT2D eigenvalue weighted by Crippen LogP contribution is 2.46. The summed E-state index contributed by atoms with van der Waals surface area (Å²) in [7, 11) is 1.77. The lowest BCUT2D eigenvalue weighted by Gasteiger charge is -2.39. The zero-order valence-electron chi connectivity index (χ0n) is 17.4. The molecular weight excluding hydrogens is 424 g/mol. The molecule has 5 unspecified atom stereocenters. The van der Waals surface area contributed by atoms with E-state index in [1.807, 2.05) is 25.3 Å². The first-order chi connectivity index (χ1) is 14.7. The van der Waals surface area contributed by atoms with Crippen LogP contribution in [0.3, 0.4) is 0 Å². The van der Waals surface area contributed by atoms with Gasteiger partial charge in [-0.1, -0.05) is 16.4 Å². The number of hydrogen-bond acceptors (Lipinski definition) is 7. The zero-order chi connectivity index (χ0) is 21.9. The molecule has 5 rings (SSSR count). The Balaban J connectivity index is 1.34. The van der Waals surface area contributed by atoms with Crippen LogP contribution < -0.4 is 4.74 Å². The number of ether oxygens (including phenoxy) is 1. The Kier molecular flexibility index (Phi) is 4.74. The largest absolute Gasteiger partial charge is 0.507 e. The van der Waals surface area contributed by atoms with E-state index in [1.165, 1.54) is 6.92 Å². The second-order valence-electron chi connectivity index (χ2n) is 8.56. The first-order valence-electron chi connectivity index (χ1n) is 10.1. The van der Waals surface area contributed by atoms with Crippen LogP contribution in [0.1, 0.15) is 25.5 Å². The summed E-state index contributed by atoms with van der Waals surface area (Å²) in [6.45, 7) is 3.35. The predicted octanol–water partition coefficient (Wildman–Crippen LogP) is 3.69. The van der Waals surface area contributed by atoms with Crippen molar-refractivity contribution < 1.29 is 18.6 Å². The van der Waals surface area contributed by atoms with Gasteiger partial charge in [-0.25, -0.2) is 13.5 Å². The smallest absolute Gasteiger partial charge is 0.294 e. The number of alkyl halides is 2. The number of halogens is 2. The normalized spacial score (nSPS) is 30.6. The van der Waals surface area contributed by atoms with Gasteiger partial charge < -0.3 is 9.84 Å². The average Bonchev–Trinajstić information content (AvgIpc) is 3.37. The fraction of sp³-hybridized carbons (Fsp3) is 0.476. The van der Waals surface area contributed by atoms with Gasteiger partial charge in [-0.3, -0.25) is 4.90 Å². The van der Waals surface area contributed by atoms with Crippen LogP contribution in [0.5, 0.6) is 10.9 Å². The van der Waals surface area contributed by atoms with Crippen LogP contribution in [0.2, 0.25) is 0 Å². The highest BCUT2D eigenvalue weighted by molar-refractivity contribution is 7.16. The highest BCUT2D eigenvalue weighted by atomic mass is 32.1. The van der Waals surface area contributed by atoms with E-state index in [-0.39, 0.29) is 17.0 Å². The van der Waals surface area contributed by atoms with Crippen LogP contribution >= 0.6 is 11.3 Å². The number of phenols is 1. The van der Waals surface area contributed by atoms with Gasteiger partial charge in [-0.15, -0.1) is 5.10 Å². The molecule has 2 bridgehead atoms. The minimum atomic E-state index is -1.58. The number of aromatic hydroxyl groups is 1. The Morgan fingerprint density at radius 2 is 2.10 bits per heavy atom. The van der Waals surface area contributed by atoms with Crippen LogP contribution in [-0.2, 0) is 0 Å². The monoisotopic (exact) mass is 447 g/mol. The van der Waals surface area contributed by atoms with Crippen LogP contribution in [0, 0.1) is 6.92 Å². The maximum absolute atomic E-state index is 15.1. The van der Waals surface area contributed by atoms with E-state index in [2.05, 4.69) is 15.3 Å². The molecule has 0 aliphatic carbocycles. The molecule has 3 aromatic rings. The SMILES string of the molecule is Cc1ccn(-c2ccc(-c3nnc(OC4CC5CC(C)(F)C(C4F)N5C)s3)c(O)c2)n1. The van der Waals surface area contributed by atoms with E-state index in [4.69, 9.17) is 4.74 Å². The van der Waals surface area contributed by atoms with Gasteiger partial charge in [0, 0.05) is 24.7 Å². The number of aromatic nitrogens is 4. The van der Waals surface area contributed by atoms with Crippen molar-refractivity contribution in [1.82, 2.24) is 24.9 Å². The van der Waals surface area contributed by atoms with E-state index >= 15 is 4.39 Å². The van der Waals surface area contributed by atoms with Gasteiger partial charge in [0.2, 0.25) is 0 Å². The van der Waals surface area contributed by atoms with Gasteiger partial charge in [-0.05, 0) is 45.5 Å². The zero-order valence-corrected chi connectivity index (χ0v) is 18.2. The molecule has 5 atom stereocenters. The van der Waals surface area contributed by atoms with Gasteiger partial charge in [0.05, 0.1) is 23.0 Å². The number of hydrogen-bond donors (Lipinski definition) is 1. The number of nitrogens with zero attached hydrogens (tertiary/aromatic N) is 5. The molecule has 164 valence electrons. The summed E-state index contributed by atoms with van der Waals surface area (Å²) in [5, 5.41) is 23.6. The summed E-state index contributed by atoms with van der Waals surface area (Å²) in [6.07, 6.45) is 0.267. The topological polar surface area (TPSA) is 76.3 Å². The molecule has 4 heterocycles. The molecule has 2 aromatic heterocycles. The second kappa shape index (κ2) is 7.23. The molecule has 0 saturated carbocycles. The highest BCUT2D eigenvalue weighted by Gasteiger charge is 2.58. The minimum Gasteiger partial charge on any atom is -0.507 e. The predicted molar refractivity (Wildman–Crippen MR) is 112 cm³/mol. The molecule has 2 aliphatic rings. The van der Waals surface area contributed by atoms with Gasteiger partial charge in [0.15, 0.2) is 11.2 Å². The fourth-order valence-electron chi connectivity index (χ4n) is 4.80. The molecule has 0 spiro atoms. The molecule has 31 heavy (non-hydrogen) atoms. The third-order valence-corrected chi connectivity index (χ3v) is 7.13. The van der Waals surface area contributed by atoms with Gasteiger partial charge in [0.1, 0.15) is 17.5 Å². The van der Waals surface area contributed by atoms with Gasteiger partial charge >= 0.3 is 0 Å². The van der Waals surface area contributed by atoms with E-state index in [1.54, 1.807) is 28.8 Å². The first-order valence-corrected chi connectivity index (χ1v) is 11.0. The van der Waals surface area contributed by atoms with Crippen molar-refractivity contribution in [2.75, 3.05) is 7.05 Å². The van der Waals surface area contributed by atoms with Crippen molar-refractivity contribution >= 4 is 11.3 Å². The Bertz CT molecular complexity index is 1120. The van der Waals surface area contributed by atoms with Crippen molar-refractivity contribution in [3.8, 4) is 27.2 Å². The van der Waals surface area contributed by atoms with Gasteiger partial charge in [0.25, 0.3) is 5.19 Å². The second-order valence-corrected chi connectivity index (χ2v) is 9.50. The van der Waals surface area contributed by atoms with E-state index in [0.717, 1.165) is 17.0 Å². The standard InChI is InChI=1S/C21H23F2N5O2S/c1-11-6-7-28(26-11)12-4-5-14(15(29)8-12)19-24-25-20(31-19)30-16-9-13-10-21(2,23)18(17(16)22)27(13)3/h4-8,13,16-18,29H,9-10H2,1-3H3. The molecule has 0 radical (unpaired) electrons. The molecular formula is C21H23F2N5O2S. The summed E-state index contributed by atoms with van der Waals surface area (Å²) in [6, 6.07) is 6.13.